The minimum Gasteiger partial charge on any atom is -0.355 e. The number of amides is 1. The largest absolute Gasteiger partial charge is 0.355 e. The molecule has 0 aliphatic carbocycles. The van der Waals surface area contributed by atoms with Crippen LogP contribution in [0.2, 0.25) is 0 Å². The number of anilines is 1. The van der Waals surface area contributed by atoms with Crippen LogP contribution in [0.15, 0.2) is 12.3 Å². The molecule has 0 saturated carbocycles. The second kappa shape index (κ2) is 7.05. The van der Waals surface area contributed by atoms with Crippen LogP contribution >= 0.6 is 0 Å². The van der Waals surface area contributed by atoms with E-state index >= 15 is 0 Å². The molecule has 1 saturated heterocycles. The van der Waals surface area contributed by atoms with E-state index in [0.717, 1.165) is 37.8 Å². The Morgan fingerprint density at radius 3 is 2.55 bits per heavy atom. The van der Waals surface area contributed by atoms with E-state index in [4.69, 9.17) is 4.98 Å². The van der Waals surface area contributed by atoms with E-state index < -0.39 is 0 Å². The van der Waals surface area contributed by atoms with Crippen molar-refractivity contribution in [1.82, 2.24) is 20.2 Å². The van der Waals surface area contributed by atoms with Crippen LogP contribution in [0, 0.1) is 0 Å². The molecular weight excluding hydrogens is 278 g/mol. The van der Waals surface area contributed by atoms with Crippen LogP contribution in [-0.2, 0) is 10.2 Å². The summed E-state index contributed by atoms with van der Waals surface area (Å²) in [7, 11) is 0. The summed E-state index contributed by atoms with van der Waals surface area (Å²) in [5, 5.41) is 2.84. The van der Waals surface area contributed by atoms with E-state index in [9.17, 15) is 4.79 Å². The van der Waals surface area contributed by atoms with Crippen molar-refractivity contribution in [3.63, 3.8) is 0 Å². The summed E-state index contributed by atoms with van der Waals surface area (Å²) >= 11 is 0. The van der Waals surface area contributed by atoms with E-state index in [1.165, 1.54) is 0 Å². The lowest BCUT2D eigenvalue weighted by atomic mass is 9.96. The predicted molar refractivity (Wildman–Crippen MR) is 88.1 cm³/mol. The Bertz CT molecular complexity index is 504. The molecule has 0 atom stereocenters. The molecule has 1 aromatic heterocycles. The highest BCUT2D eigenvalue weighted by Crippen LogP contribution is 2.21. The van der Waals surface area contributed by atoms with Gasteiger partial charge in [-0.2, -0.15) is 0 Å². The molecule has 0 radical (unpaired) electrons. The van der Waals surface area contributed by atoms with E-state index in [1.807, 2.05) is 19.2 Å². The fourth-order valence-electron chi connectivity index (χ4n) is 2.48. The maximum Gasteiger partial charge on any atom is 0.234 e. The zero-order valence-corrected chi connectivity index (χ0v) is 14.1. The van der Waals surface area contributed by atoms with Gasteiger partial charge < -0.3 is 10.2 Å². The molecule has 0 aromatic carbocycles. The molecule has 1 aliphatic rings. The maximum atomic E-state index is 11.6. The van der Waals surface area contributed by atoms with E-state index in [2.05, 4.69) is 40.9 Å². The zero-order chi connectivity index (χ0) is 16.2. The third-order valence-corrected chi connectivity index (χ3v) is 3.75. The summed E-state index contributed by atoms with van der Waals surface area (Å²) in [5.74, 6) is 1.96. The van der Waals surface area contributed by atoms with E-state index in [0.29, 0.717) is 13.1 Å². The van der Waals surface area contributed by atoms with Gasteiger partial charge in [-0.3, -0.25) is 9.69 Å². The fourth-order valence-corrected chi connectivity index (χ4v) is 2.48. The van der Waals surface area contributed by atoms with Crippen molar-refractivity contribution in [2.24, 2.45) is 0 Å². The third-order valence-electron chi connectivity index (χ3n) is 3.75. The van der Waals surface area contributed by atoms with Gasteiger partial charge in [0.25, 0.3) is 0 Å². The highest BCUT2D eigenvalue weighted by atomic mass is 16.2. The molecule has 2 rings (SSSR count). The molecule has 1 N–H and O–H groups in total. The molecule has 6 heteroatoms. The number of likely N-dealkylation sites (N-methyl/N-ethyl adjacent to an activating group) is 1. The van der Waals surface area contributed by atoms with Crippen LogP contribution < -0.4 is 10.2 Å². The summed E-state index contributed by atoms with van der Waals surface area (Å²) in [4.78, 5) is 25.2. The first-order valence-electron chi connectivity index (χ1n) is 7.97. The lowest BCUT2D eigenvalue weighted by molar-refractivity contribution is -0.122. The fraction of sp³-hybridized carbons (Fsp3) is 0.688. The van der Waals surface area contributed by atoms with Gasteiger partial charge in [0.05, 0.1) is 6.54 Å². The van der Waals surface area contributed by atoms with Crippen LogP contribution in [0.5, 0.6) is 0 Å². The van der Waals surface area contributed by atoms with Crippen molar-refractivity contribution in [3.8, 4) is 0 Å². The number of carbonyl (C=O) groups is 1. The average molecular weight is 305 g/mol. The van der Waals surface area contributed by atoms with Crippen LogP contribution in [0.1, 0.15) is 33.5 Å². The predicted octanol–water partition coefficient (Wildman–Crippen LogP) is 1.03. The van der Waals surface area contributed by atoms with Crippen LogP contribution in [0.3, 0.4) is 0 Å². The molecule has 1 aliphatic heterocycles. The Balaban J connectivity index is 1.93. The number of carbonyl (C=O) groups excluding carboxylic acids is 1. The van der Waals surface area contributed by atoms with E-state index in [-0.39, 0.29) is 11.3 Å². The third kappa shape index (κ3) is 4.40. The van der Waals surface area contributed by atoms with E-state index in [1.54, 1.807) is 0 Å². The maximum absolute atomic E-state index is 11.6. The number of piperazine rings is 1. The van der Waals surface area contributed by atoms with Gasteiger partial charge in [0.2, 0.25) is 5.91 Å². The Labute approximate surface area is 132 Å². The van der Waals surface area contributed by atoms with Crippen molar-refractivity contribution in [3.05, 3.63) is 18.1 Å². The summed E-state index contributed by atoms with van der Waals surface area (Å²) in [6.45, 7) is 13.0. The summed E-state index contributed by atoms with van der Waals surface area (Å²) in [6.07, 6.45) is 1.84. The lowest BCUT2D eigenvalue weighted by Crippen LogP contribution is -2.49. The number of hydrogen-bond acceptors (Lipinski definition) is 5. The molecule has 1 amide bonds. The van der Waals surface area contributed by atoms with Crippen molar-refractivity contribution < 1.29 is 4.79 Å². The summed E-state index contributed by atoms with van der Waals surface area (Å²) in [5.41, 5.74) is -0.0456. The molecule has 22 heavy (non-hydrogen) atoms. The highest BCUT2D eigenvalue weighted by Gasteiger charge is 2.22. The smallest absolute Gasteiger partial charge is 0.234 e. The first kappa shape index (κ1) is 16.7. The molecule has 6 nitrogen and oxygen atoms in total. The minimum absolute atomic E-state index is 0.0456. The second-order valence-electron chi connectivity index (χ2n) is 6.71. The van der Waals surface area contributed by atoms with Crippen LogP contribution in [0.25, 0.3) is 0 Å². The molecule has 1 fully saturated rings. The van der Waals surface area contributed by atoms with Gasteiger partial charge in [0.1, 0.15) is 11.6 Å². The Morgan fingerprint density at radius 1 is 1.27 bits per heavy atom. The molecule has 1 aromatic rings. The van der Waals surface area contributed by atoms with Crippen LogP contribution in [0.4, 0.5) is 5.82 Å². The lowest BCUT2D eigenvalue weighted by Gasteiger charge is -2.35. The summed E-state index contributed by atoms with van der Waals surface area (Å²) < 4.78 is 0. The molecule has 122 valence electrons. The Hall–Kier alpha value is -1.69. The normalized spacial score (nSPS) is 16.6. The molecule has 0 spiro atoms. The number of nitrogens with zero attached hydrogens (tertiary/aromatic N) is 4. The van der Waals surface area contributed by atoms with Gasteiger partial charge in [-0.25, -0.2) is 9.97 Å². The van der Waals surface area contributed by atoms with Crippen molar-refractivity contribution in [2.45, 2.75) is 33.1 Å². The SMILES string of the molecule is CCNC(=O)CN1CCN(c2ccnc(C(C)(C)C)n2)CC1. The van der Waals surface area contributed by atoms with Crippen LogP contribution in [-0.4, -0.2) is 60.0 Å². The van der Waals surface area contributed by atoms with Crippen molar-refractivity contribution in [1.29, 1.82) is 0 Å². The minimum atomic E-state index is -0.0456. The van der Waals surface area contributed by atoms with Gasteiger partial charge in [0.15, 0.2) is 0 Å². The number of nitrogens with one attached hydrogen (secondary N) is 1. The molecule has 0 unspecified atom stereocenters. The average Bonchev–Trinajstić information content (AvgIpc) is 2.47. The molecule has 2 heterocycles. The molecule has 0 bridgehead atoms. The quantitative estimate of drug-likeness (QED) is 0.900. The molecular formula is C16H27N5O. The number of aromatic nitrogens is 2. The monoisotopic (exact) mass is 305 g/mol. The highest BCUT2D eigenvalue weighted by molar-refractivity contribution is 5.77. The van der Waals surface area contributed by atoms with Gasteiger partial charge in [-0.05, 0) is 13.0 Å². The van der Waals surface area contributed by atoms with Crippen molar-refractivity contribution >= 4 is 11.7 Å². The first-order chi connectivity index (χ1) is 10.4. The summed E-state index contributed by atoms with van der Waals surface area (Å²) in [6, 6.07) is 1.97. The van der Waals surface area contributed by atoms with Crippen molar-refractivity contribution in [2.75, 3.05) is 44.2 Å². The Kier molecular flexibility index (Phi) is 5.34. The number of rotatable bonds is 4. The van der Waals surface area contributed by atoms with Gasteiger partial charge >= 0.3 is 0 Å². The Morgan fingerprint density at radius 2 is 1.95 bits per heavy atom. The standard InChI is InChI=1S/C16H27N5O/c1-5-17-14(22)12-20-8-10-21(11-9-20)13-6-7-18-15(19-13)16(2,3)4/h6-7H,5,8-12H2,1-4H3,(H,17,22). The van der Waals surface area contributed by atoms with Gasteiger partial charge in [-0.15, -0.1) is 0 Å². The van der Waals surface area contributed by atoms with Gasteiger partial charge in [0, 0.05) is 44.3 Å². The topological polar surface area (TPSA) is 61.4 Å². The van der Waals surface area contributed by atoms with Gasteiger partial charge in [-0.1, -0.05) is 20.8 Å². The zero-order valence-electron chi connectivity index (χ0n) is 14.1. The number of hydrogen-bond donors (Lipinski definition) is 1. The second-order valence-corrected chi connectivity index (χ2v) is 6.71. The first-order valence-corrected chi connectivity index (χ1v) is 7.97.